The zero-order valence-corrected chi connectivity index (χ0v) is 25.0. The lowest BCUT2D eigenvalue weighted by Gasteiger charge is -2.41. The summed E-state index contributed by atoms with van der Waals surface area (Å²) < 4.78 is 12.3. The monoisotopic (exact) mass is 585 g/mol. The van der Waals surface area contributed by atoms with Crippen molar-refractivity contribution in [3.05, 3.63) is 48.6 Å². The third kappa shape index (κ3) is 6.53. The lowest BCUT2D eigenvalue weighted by atomic mass is 10.0. The number of piperidine rings is 1. The van der Waals surface area contributed by atoms with Gasteiger partial charge in [0.05, 0.1) is 37.3 Å². The summed E-state index contributed by atoms with van der Waals surface area (Å²) in [6, 6.07) is 8.23. The van der Waals surface area contributed by atoms with Crippen molar-refractivity contribution in [2.45, 2.75) is 18.9 Å². The third-order valence-electron chi connectivity index (χ3n) is 8.26. The average molecular weight is 586 g/mol. The van der Waals surface area contributed by atoms with Gasteiger partial charge in [-0.3, -0.25) is 14.8 Å². The summed E-state index contributed by atoms with van der Waals surface area (Å²) in [6.45, 7) is 8.01. The van der Waals surface area contributed by atoms with Crippen molar-refractivity contribution in [1.82, 2.24) is 44.4 Å². The minimum atomic E-state index is 0.178. The third-order valence-corrected chi connectivity index (χ3v) is 8.26. The Kier molecular flexibility index (Phi) is 8.63. The lowest BCUT2D eigenvalue weighted by molar-refractivity contribution is 0.0709. The van der Waals surface area contributed by atoms with E-state index in [9.17, 15) is 0 Å². The predicted molar refractivity (Wildman–Crippen MR) is 167 cm³/mol. The van der Waals surface area contributed by atoms with E-state index in [1.807, 2.05) is 12.1 Å². The first-order valence-electron chi connectivity index (χ1n) is 14.6. The topological polar surface area (TPSA) is 136 Å². The highest BCUT2D eigenvalue weighted by atomic mass is 16.5. The summed E-state index contributed by atoms with van der Waals surface area (Å²) in [5.41, 5.74) is 8.54. The SMILES string of the molecule is COc1cc2ncnc(-n3nc(Nc4ccc(C=CCN5CCC(N6CCN(C)CC6)CC5)nc4)nc3N)c2cc1OC. The van der Waals surface area contributed by atoms with Crippen LogP contribution >= 0.6 is 0 Å². The fourth-order valence-electron chi connectivity index (χ4n) is 5.75. The number of likely N-dealkylation sites (N-methyl/N-ethyl adjacent to an activating group) is 1. The number of methoxy groups -OCH3 is 2. The van der Waals surface area contributed by atoms with Gasteiger partial charge in [0.1, 0.15) is 6.33 Å². The molecule has 0 spiro atoms. The van der Waals surface area contributed by atoms with Gasteiger partial charge in [0.2, 0.25) is 11.9 Å². The van der Waals surface area contributed by atoms with Gasteiger partial charge >= 0.3 is 0 Å². The predicted octanol–water partition coefficient (Wildman–Crippen LogP) is 2.67. The number of piperazine rings is 1. The molecule has 2 aliphatic heterocycles. The largest absolute Gasteiger partial charge is 0.493 e. The van der Waals surface area contributed by atoms with Crippen LogP contribution in [0.25, 0.3) is 22.8 Å². The van der Waals surface area contributed by atoms with Crippen LogP contribution in [-0.2, 0) is 0 Å². The van der Waals surface area contributed by atoms with Gasteiger partial charge in [-0.2, -0.15) is 9.67 Å². The van der Waals surface area contributed by atoms with E-state index in [-0.39, 0.29) is 5.95 Å². The van der Waals surface area contributed by atoms with Crippen LogP contribution < -0.4 is 20.5 Å². The standard InChI is InChI=1S/C30H39N11O2/c1-38-13-15-40(16-14-38)23-8-11-39(12-9-23)10-4-5-21-6-7-22(19-32-21)35-30-36-29(31)41(37-30)28-24-17-26(42-2)27(43-3)18-25(24)33-20-34-28/h4-7,17-20,23H,8-16H2,1-3H3,(H3,31,35,36,37). The molecule has 2 aliphatic rings. The van der Waals surface area contributed by atoms with Crippen molar-refractivity contribution in [1.29, 1.82) is 0 Å². The molecule has 0 atom stereocenters. The Labute approximate surface area is 251 Å². The number of pyridine rings is 1. The van der Waals surface area contributed by atoms with Crippen LogP contribution in [0.4, 0.5) is 17.6 Å². The van der Waals surface area contributed by atoms with Crippen molar-refractivity contribution in [3.8, 4) is 17.3 Å². The molecule has 0 unspecified atom stereocenters. The Balaban J connectivity index is 1.05. The van der Waals surface area contributed by atoms with Crippen molar-refractivity contribution >= 4 is 34.6 Å². The normalized spacial score (nSPS) is 17.6. The van der Waals surface area contributed by atoms with E-state index in [2.05, 4.69) is 64.3 Å². The molecule has 3 N–H and O–H groups in total. The summed E-state index contributed by atoms with van der Waals surface area (Å²) in [4.78, 5) is 25.4. The van der Waals surface area contributed by atoms with Crippen LogP contribution in [0.2, 0.25) is 0 Å². The molecule has 0 saturated carbocycles. The maximum Gasteiger partial charge on any atom is 0.248 e. The zero-order chi connectivity index (χ0) is 29.8. The number of aromatic nitrogens is 6. The maximum absolute atomic E-state index is 6.24. The molecule has 4 aromatic rings. The van der Waals surface area contributed by atoms with Crippen molar-refractivity contribution in [2.24, 2.45) is 0 Å². The minimum absolute atomic E-state index is 0.178. The number of rotatable bonds is 9. The summed E-state index contributed by atoms with van der Waals surface area (Å²) in [7, 11) is 5.37. The minimum Gasteiger partial charge on any atom is -0.493 e. The van der Waals surface area contributed by atoms with Gasteiger partial charge in [0.15, 0.2) is 17.3 Å². The van der Waals surface area contributed by atoms with Crippen LogP contribution in [0.5, 0.6) is 11.5 Å². The molecule has 226 valence electrons. The second kappa shape index (κ2) is 12.9. The van der Waals surface area contributed by atoms with E-state index in [4.69, 9.17) is 15.2 Å². The molecule has 0 amide bonds. The fraction of sp³-hybridized carbons (Fsp3) is 0.433. The van der Waals surface area contributed by atoms with Gasteiger partial charge in [0.25, 0.3) is 0 Å². The van der Waals surface area contributed by atoms with E-state index in [0.717, 1.165) is 37.1 Å². The number of fused-ring (bicyclic) bond motifs is 1. The number of benzene rings is 1. The number of hydrogen-bond acceptors (Lipinski definition) is 12. The Bertz CT molecular complexity index is 1560. The first-order chi connectivity index (χ1) is 21.0. The van der Waals surface area contributed by atoms with Crippen LogP contribution in [-0.4, -0.2) is 118 Å². The summed E-state index contributed by atoms with van der Waals surface area (Å²) in [6.07, 6.45) is 9.98. The van der Waals surface area contributed by atoms with Crippen LogP contribution in [0.1, 0.15) is 18.5 Å². The molecule has 5 heterocycles. The molecule has 0 bridgehead atoms. The molecule has 0 radical (unpaired) electrons. The molecule has 1 aromatic carbocycles. The Morgan fingerprint density at radius 3 is 2.47 bits per heavy atom. The number of nitrogen functional groups attached to an aromatic ring is 1. The van der Waals surface area contributed by atoms with Gasteiger partial charge in [0, 0.05) is 50.2 Å². The maximum atomic E-state index is 6.24. The first-order valence-corrected chi connectivity index (χ1v) is 14.6. The van der Waals surface area contributed by atoms with Crippen LogP contribution in [0, 0.1) is 0 Å². The highest BCUT2D eigenvalue weighted by Crippen LogP contribution is 2.33. The lowest BCUT2D eigenvalue weighted by Crippen LogP contribution is -2.52. The first kappa shape index (κ1) is 28.8. The molecule has 13 nitrogen and oxygen atoms in total. The molecule has 6 rings (SSSR count). The fourth-order valence-corrected chi connectivity index (χ4v) is 5.75. The van der Waals surface area contributed by atoms with Crippen LogP contribution in [0.3, 0.4) is 0 Å². The molecule has 13 heteroatoms. The molecule has 2 saturated heterocycles. The zero-order valence-electron chi connectivity index (χ0n) is 25.0. The number of hydrogen-bond donors (Lipinski definition) is 2. The van der Waals surface area contributed by atoms with E-state index >= 15 is 0 Å². The Hall–Kier alpha value is -4.33. The van der Waals surface area contributed by atoms with Gasteiger partial charge in [-0.05, 0) is 57.3 Å². The average Bonchev–Trinajstić information content (AvgIpc) is 3.40. The van der Waals surface area contributed by atoms with Crippen LogP contribution in [0.15, 0.2) is 42.9 Å². The van der Waals surface area contributed by atoms with Gasteiger partial charge in [-0.15, -0.1) is 5.10 Å². The molecule has 2 fully saturated rings. The molecular weight excluding hydrogens is 546 g/mol. The van der Waals surface area contributed by atoms with Crippen molar-refractivity contribution in [2.75, 3.05) is 78.1 Å². The number of nitrogens with one attached hydrogen (secondary N) is 1. The van der Waals surface area contributed by atoms with E-state index in [0.29, 0.717) is 34.2 Å². The van der Waals surface area contributed by atoms with Crippen molar-refractivity contribution in [3.63, 3.8) is 0 Å². The number of likely N-dealkylation sites (tertiary alicyclic amines) is 1. The highest BCUT2D eigenvalue weighted by molar-refractivity contribution is 5.88. The Morgan fingerprint density at radius 2 is 1.74 bits per heavy atom. The molecule has 3 aromatic heterocycles. The second-order valence-electron chi connectivity index (χ2n) is 11.0. The van der Waals surface area contributed by atoms with E-state index < -0.39 is 0 Å². The Morgan fingerprint density at radius 1 is 0.977 bits per heavy atom. The smallest absolute Gasteiger partial charge is 0.248 e. The van der Waals surface area contributed by atoms with Crippen molar-refractivity contribution < 1.29 is 9.47 Å². The van der Waals surface area contributed by atoms with E-state index in [1.54, 1.807) is 32.5 Å². The quantitative estimate of drug-likeness (QED) is 0.299. The van der Waals surface area contributed by atoms with E-state index in [1.165, 1.54) is 50.0 Å². The number of nitrogens with zero attached hydrogens (tertiary/aromatic N) is 9. The number of nitrogens with two attached hydrogens (primary N) is 1. The number of anilines is 3. The molecular formula is C30H39N11O2. The highest BCUT2D eigenvalue weighted by Gasteiger charge is 2.26. The summed E-state index contributed by atoms with van der Waals surface area (Å²) >= 11 is 0. The number of ether oxygens (including phenoxy) is 2. The van der Waals surface area contributed by atoms with Gasteiger partial charge in [-0.25, -0.2) is 9.97 Å². The summed E-state index contributed by atoms with van der Waals surface area (Å²) in [5, 5.41) is 8.41. The van der Waals surface area contributed by atoms with Gasteiger partial charge < -0.3 is 25.4 Å². The molecule has 43 heavy (non-hydrogen) atoms. The summed E-state index contributed by atoms with van der Waals surface area (Å²) in [5.74, 6) is 2.10. The second-order valence-corrected chi connectivity index (χ2v) is 11.0. The van der Waals surface area contributed by atoms with Gasteiger partial charge in [-0.1, -0.05) is 6.08 Å². The molecule has 0 aliphatic carbocycles.